The summed E-state index contributed by atoms with van der Waals surface area (Å²) < 4.78 is 0. The van der Waals surface area contributed by atoms with E-state index in [9.17, 15) is 9.90 Å². The van der Waals surface area contributed by atoms with Crippen LogP contribution in [-0.2, 0) is 17.6 Å². The Morgan fingerprint density at radius 3 is 2.60 bits per heavy atom. The first-order valence-corrected chi connectivity index (χ1v) is 6.83. The number of hydrogen-bond donors (Lipinski definition) is 1. The summed E-state index contributed by atoms with van der Waals surface area (Å²) >= 11 is 0. The Morgan fingerprint density at radius 1 is 1.00 bits per heavy atom. The minimum Gasteiger partial charge on any atom is -0.506 e. The van der Waals surface area contributed by atoms with Crippen molar-refractivity contribution in [2.45, 2.75) is 19.3 Å². The number of nitrogens with zero attached hydrogens (tertiary/aromatic N) is 2. The lowest BCUT2D eigenvalue weighted by atomic mass is 9.94. The molecule has 0 bridgehead atoms. The molecule has 1 N–H and O–H groups in total. The molecule has 3 heterocycles. The zero-order valence-corrected chi connectivity index (χ0v) is 11.0. The van der Waals surface area contributed by atoms with Gasteiger partial charge in [0.25, 0.3) is 0 Å². The van der Waals surface area contributed by atoms with Crippen molar-refractivity contribution >= 4 is 11.6 Å². The number of amides is 1. The number of rotatable bonds is 1. The molecule has 100 valence electrons. The zero-order valence-electron chi connectivity index (χ0n) is 11.0. The number of aromatic hydroxyl groups is 1. The van der Waals surface area contributed by atoms with Crippen LogP contribution in [-0.4, -0.2) is 22.5 Å². The Labute approximate surface area is 116 Å². The second-order valence-electron chi connectivity index (χ2n) is 5.37. The number of hydrogen-bond acceptors (Lipinski definition) is 3. The predicted octanol–water partition coefficient (Wildman–Crippen LogP) is 2.29. The molecule has 0 aliphatic carbocycles. The molecule has 4 nitrogen and oxygen atoms in total. The van der Waals surface area contributed by atoms with E-state index in [0.29, 0.717) is 6.42 Å². The largest absolute Gasteiger partial charge is 0.506 e. The fourth-order valence-electron chi connectivity index (χ4n) is 3.21. The minimum absolute atomic E-state index is 0.174. The van der Waals surface area contributed by atoms with Gasteiger partial charge in [0, 0.05) is 24.7 Å². The molecule has 2 aliphatic heterocycles. The fraction of sp³-hybridized carbons (Fsp3) is 0.250. The van der Waals surface area contributed by atoms with E-state index in [-0.39, 0.29) is 11.7 Å². The summed E-state index contributed by atoms with van der Waals surface area (Å²) in [7, 11) is 0. The van der Waals surface area contributed by atoms with Gasteiger partial charge in [-0.15, -0.1) is 0 Å². The number of aromatic nitrogens is 1. The average Bonchev–Trinajstić information content (AvgIpc) is 2.88. The molecular formula is C16H14N2O2. The van der Waals surface area contributed by atoms with Crippen LogP contribution in [0.5, 0.6) is 5.75 Å². The number of anilines is 1. The molecule has 4 rings (SSSR count). The monoisotopic (exact) mass is 266 g/mol. The third kappa shape index (κ3) is 1.61. The minimum atomic E-state index is 0.174. The molecule has 20 heavy (non-hydrogen) atoms. The Bertz CT molecular complexity index is 724. The van der Waals surface area contributed by atoms with Crippen LogP contribution >= 0.6 is 0 Å². The van der Waals surface area contributed by atoms with Crippen molar-refractivity contribution in [3.63, 3.8) is 0 Å². The second kappa shape index (κ2) is 4.07. The van der Waals surface area contributed by atoms with Crippen molar-refractivity contribution in [2.75, 3.05) is 11.4 Å². The van der Waals surface area contributed by atoms with Gasteiger partial charge in [-0.05, 0) is 47.7 Å². The van der Waals surface area contributed by atoms with Crippen LogP contribution in [0.4, 0.5) is 5.69 Å². The van der Waals surface area contributed by atoms with E-state index >= 15 is 0 Å². The van der Waals surface area contributed by atoms with E-state index in [0.717, 1.165) is 36.2 Å². The highest BCUT2D eigenvalue weighted by Gasteiger charge is 2.31. The van der Waals surface area contributed by atoms with E-state index in [1.165, 1.54) is 17.3 Å². The molecule has 0 saturated carbocycles. The first-order valence-electron chi connectivity index (χ1n) is 6.83. The van der Waals surface area contributed by atoms with Crippen molar-refractivity contribution in [1.29, 1.82) is 0 Å². The van der Waals surface area contributed by atoms with Gasteiger partial charge in [0.15, 0.2) is 0 Å². The van der Waals surface area contributed by atoms with Gasteiger partial charge in [-0.1, -0.05) is 0 Å². The molecule has 0 atom stereocenters. The predicted molar refractivity (Wildman–Crippen MR) is 75.7 cm³/mol. The quantitative estimate of drug-likeness (QED) is 0.861. The summed E-state index contributed by atoms with van der Waals surface area (Å²) in [6.45, 7) is 0.795. The van der Waals surface area contributed by atoms with E-state index in [1.807, 2.05) is 4.90 Å². The topological polar surface area (TPSA) is 53.4 Å². The van der Waals surface area contributed by atoms with Crippen molar-refractivity contribution in [3.05, 3.63) is 41.7 Å². The number of carbonyl (C=O) groups excluding carboxylic acids is 1. The summed E-state index contributed by atoms with van der Waals surface area (Å²) in [6.07, 6.45) is 5.50. The first-order chi connectivity index (χ1) is 9.72. The summed E-state index contributed by atoms with van der Waals surface area (Å²) in [5, 5.41) is 9.57. The number of benzene rings is 1. The first kappa shape index (κ1) is 11.5. The Hall–Kier alpha value is -2.36. The summed E-state index contributed by atoms with van der Waals surface area (Å²) in [5.74, 6) is 0.413. The fourth-order valence-corrected chi connectivity index (χ4v) is 3.21. The number of carbonyl (C=O) groups is 1. The van der Waals surface area contributed by atoms with E-state index in [1.54, 1.807) is 12.3 Å². The molecule has 1 aromatic heterocycles. The molecule has 0 saturated heterocycles. The third-order valence-corrected chi connectivity index (χ3v) is 4.11. The van der Waals surface area contributed by atoms with Gasteiger partial charge >= 0.3 is 0 Å². The maximum absolute atomic E-state index is 11.9. The van der Waals surface area contributed by atoms with Crippen LogP contribution in [0.25, 0.3) is 11.1 Å². The smallest absolute Gasteiger partial charge is 0.227 e. The van der Waals surface area contributed by atoms with Crippen LogP contribution in [0, 0.1) is 0 Å². The highest BCUT2D eigenvalue weighted by molar-refractivity contribution is 5.99. The van der Waals surface area contributed by atoms with Gasteiger partial charge < -0.3 is 10.0 Å². The molecule has 0 unspecified atom stereocenters. The van der Waals surface area contributed by atoms with Gasteiger partial charge in [-0.2, -0.15) is 0 Å². The van der Waals surface area contributed by atoms with Crippen molar-refractivity contribution < 1.29 is 9.90 Å². The standard InChI is InChI=1S/C16H14N2O2/c19-14-7-13(8-17-9-14)12-5-10-1-2-15(20)18-4-3-11(6-12)16(10)18/h5-9,19H,1-4H2. The summed E-state index contributed by atoms with van der Waals surface area (Å²) in [5.41, 5.74) is 5.57. The molecule has 0 radical (unpaired) electrons. The van der Waals surface area contributed by atoms with Gasteiger partial charge in [-0.25, -0.2) is 0 Å². The highest BCUT2D eigenvalue weighted by atomic mass is 16.3. The van der Waals surface area contributed by atoms with Crippen LogP contribution in [0.15, 0.2) is 30.6 Å². The van der Waals surface area contributed by atoms with Crippen LogP contribution < -0.4 is 4.90 Å². The van der Waals surface area contributed by atoms with Gasteiger partial charge in [0.2, 0.25) is 5.91 Å². The average molecular weight is 266 g/mol. The molecule has 1 amide bonds. The van der Waals surface area contributed by atoms with Gasteiger partial charge in [0.1, 0.15) is 5.75 Å². The Kier molecular flexibility index (Phi) is 2.33. The molecule has 2 aromatic rings. The van der Waals surface area contributed by atoms with Gasteiger partial charge in [-0.3, -0.25) is 9.78 Å². The van der Waals surface area contributed by atoms with Crippen LogP contribution in [0.3, 0.4) is 0 Å². The van der Waals surface area contributed by atoms with Crippen molar-refractivity contribution in [2.24, 2.45) is 0 Å². The number of pyridine rings is 1. The lowest BCUT2D eigenvalue weighted by Crippen LogP contribution is -2.32. The molecule has 0 fully saturated rings. The van der Waals surface area contributed by atoms with E-state index in [4.69, 9.17) is 0 Å². The van der Waals surface area contributed by atoms with Crippen molar-refractivity contribution in [1.82, 2.24) is 4.98 Å². The molecule has 0 spiro atoms. The van der Waals surface area contributed by atoms with E-state index in [2.05, 4.69) is 17.1 Å². The molecular weight excluding hydrogens is 252 g/mol. The molecule has 4 heteroatoms. The normalized spacial score (nSPS) is 16.4. The highest BCUT2D eigenvalue weighted by Crippen LogP contribution is 2.39. The van der Waals surface area contributed by atoms with Crippen LogP contribution in [0.1, 0.15) is 17.5 Å². The third-order valence-electron chi connectivity index (χ3n) is 4.11. The Balaban J connectivity index is 1.87. The number of aryl methyl sites for hydroxylation is 1. The lowest BCUT2D eigenvalue weighted by molar-refractivity contribution is -0.118. The van der Waals surface area contributed by atoms with E-state index < -0.39 is 0 Å². The zero-order chi connectivity index (χ0) is 13.7. The Morgan fingerprint density at radius 2 is 1.80 bits per heavy atom. The molecule has 2 aliphatic rings. The summed E-state index contributed by atoms with van der Waals surface area (Å²) in [6, 6.07) is 5.97. The van der Waals surface area contributed by atoms with Crippen molar-refractivity contribution in [3.8, 4) is 16.9 Å². The summed E-state index contributed by atoms with van der Waals surface area (Å²) in [4.78, 5) is 17.9. The second-order valence-corrected chi connectivity index (χ2v) is 5.37. The SMILES string of the molecule is O=C1CCc2cc(-c3cncc(O)c3)cc3c2N1CC3. The molecule has 1 aromatic carbocycles. The maximum Gasteiger partial charge on any atom is 0.227 e. The lowest BCUT2D eigenvalue weighted by Gasteiger charge is -2.25. The maximum atomic E-state index is 11.9. The van der Waals surface area contributed by atoms with Crippen LogP contribution in [0.2, 0.25) is 0 Å². The van der Waals surface area contributed by atoms with Gasteiger partial charge in [0.05, 0.1) is 11.9 Å².